The van der Waals surface area contributed by atoms with Gasteiger partial charge < -0.3 is 5.32 Å². The lowest BCUT2D eigenvalue weighted by molar-refractivity contribution is 0.881. The van der Waals surface area contributed by atoms with Crippen molar-refractivity contribution in [2.45, 2.75) is 33.7 Å². The molecule has 18 heavy (non-hydrogen) atoms. The zero-order valence-corrected chi connectivity index (χ0v) is 11.8. The summed E-state index contributed by atoms with van der Waals surface area (Å²) < 4.78 is 1.59. The van der Waals surface area contributed by atoms with Gasteiger partial charge in [-0.2, -0.15) is 0 Å². The van der Waals surface area contributed by atoms with Gasteiger partial charge in [-0.1, -0.05) is 0 Å². The number of anilines is 1. The van der Waals surface area contributed by atoms with Gasteiger partial charge in [0.2, 0.25) is 0 Å². The van der Waals surface area contributed by atoms with E-state index < -0.39 is 0 Å². The molecular weight excluding hydrogens is 246 g/mol. The molecule has 2 heterocycles. The van der Waals surface area contributed by atoms with Gasteiger partial charge in [0.05, 0.1) is 5.69 Å². The Balaban J connectivity index is 2.49. The van der Waals surface area contributed by atoms with E-state index in [9.17, 15) is 4.79 Å². The third-order valence-electron chi connectivity index (χ3n) is 2.61. The predicted octanol–water partition coefficient (Wildman–Crippen LogP) is 2.73. The van der Waals surface area contributed by atoms with Crippen LogP contribution in [0, 0.1) is 13.8 Å². The number of hydrogen-bond donors (Lipinski definition) is 1. The van der Waals surface area contributed by atoms with Crippen LogP contribution in [0.1, 0.15) is 24.4 Å². The highest BCUT2D eigenvalue weighted by atomic mass is 32.1. The summed E-state index contributed by atoms with van der Waals surface area (Å²) >= 11 is 1.53. The second-order valence-corrected chi connectivity index (χ2v) is 5.72. The number of nitrogens with one attached hydrogen (secondary N) is 1. The number of pyridine rings is 1. The van der Waals surface area contributed by atoms with E-state index in [0.29, 0.717) is 5.69 Å². The van der Waals surface area contributed by atoms with Gasteiger partial charge in [0, 0.05) is 17.1 Å². The van der Waals surface area contributed by atoms with Crippen molar-refractivity contribution in [3.8, 4) is 5.13 Å². The second-order valence-electron chi connectivity index (χ2n) is 4.53. The summed E-state index contributed by atoms with van der Waals surface area (Å²) in [5.41, 5.74) is 1.53. The Bertz CT molecular complexity index is 593. The van der Waals surface area contributed by atoms with Gasteiger partial charge in [-0.3, -0.25) is 9.36 Å². The molecule has 0 unspecified atom stereocenters. The van der Waals surface area contributed by atoms with Gasteiger partial charge in [0.1, 0.15) is 5.69 Å². The van der Waals surface area contributed by atoms with E-state index in [1.165, 1.54) is 11.3 Å². The first-order chi connectivity index (χ1) is 8.49. The first kappa shape index (κ1) is 12.8. The Morgan fingerprint density at radius 2 is 2.11 bits per heavy atom. The Morgan fingerprint density at radius 1 is 1.39 bits per heavy atom. The van der Waals surface area contributed by atoms with Crippen LogP contribution in [0.15, 0.2) is 23.1 Å². The standard InChI is InChI=1S/C13H17N3OS/c1-8(2)14-11-6-5-7-16(12(11)17)13-15-9(3)10(4)18-13/h5-8,14H,1-4H3. The summed E-state index contributed by atoms with van der Waals surface area (Å²) in [6, 6.07) is 3.89. The maximum absolute atomic E-state index is 12.3. The van der Waals surface area contributed by atoms with Crippen molar-refractivity contribution >= 4 is 17.0 Å². The average Bonchev–Trinajstić information content (AvgIpc) is 2.61. The lowest BCUT2D eigenvalue weighted by atomic mass is 10.3. The fraction of sp³-hybridized carbons (Fsp3) is 0.385. The monoisotopic (exact) mass is 263 g/mol. The maximum atomic E-state index is 12.3. The Morgan fingerprint density at radius 3 is 2.67 bits per heavy atom. The largest absolute Gasteiger partial charge is 0.378 e. The average molecular weight is 263 g/mol. The topological polar surface area (TPSA) is 46.9 Å². The molecule has 0 bridgehead atoms. The Kier molecular flexibility index (Phi) is 3.52. The molecule has 0 spiro atoms. The number of aromatic nitrogens is 2. The van der Waals surface area contributed by atoms with E-state index in [0.717, 1.165) is 15.7 Å². The molecule has 0 atom stereocenters. The lowest BCUT2D eigenvalue weighted by Gasteiger charge is -2.10. The summed E-state index contributed by atoms with van der Waals surface area (Å²) in [5, 5.41) is 3.87. The Labute approximate surface area is 110 Å². The molecule has 0 aliphatic heterocycles. The number of rotatable bonds is 3. The summed E-state index contributed by atoms with van der Waals surface area (Å²) in [6.07, 6.45) is 1.76. The minimum Gasteiger partial charge on any atom is -0.378 e. The molecule has 0 amide bonds. The summed E-state index contributed by atoms with van der Waals surface area (Å²) in [5.74, 6) is 0. The number of nitrogens with zero attached hydrogens (tertiary/aromatic N) is 2. The lowest BCUT2D eigenvalue weighted by Crippen LogP contribution is -2.24. The van der Waals surface area contributed by atoms with E-state index in [1.54, 1.807) is 16.8 Å². The van der Waals surface area contributed by atoms with Gasteiger partial charge in [-0.15, -0.1) is 11.3 Å². The fourth-order valence-corrected chi connectivity index (χ4v) is 2.52. The van der Waals surface area contributed by atoms with Crippen LogP contribution < -0.4 is 10.9 Å². The molecule has 0 aliphatic carbocycles. The van der Waals surface area contributed by atoms with Crippen molar-refractivity contribution in [2.75, 3.05) is 5.32 Å². The van der Waals surface area contributed by atoms with Crippen LogP contribution in [0.4, 0.5) is 5.69 Å². The minimum atomic E-state index is -0.0556. The van der Waals surface area contributed by atoms with Crippen molar-refractivity contribution in [2.24, 2.45) is 0 Å². The van der Waals surface area contributed by atoms with Crippen LogP contribution in [0.3, 0.4) is 0 Å². The fourth-order valence-electron chi connectivity index (χ4n) is 1.62. The molecule has 2 aromatic heterocycles. The van der Waals surface area contributed by atoms with E-state index >= 15 is 0 Å². The normalized spacial score (nSPS) is 10.9. The van der Waals surface area contributed by atoms with Gasteiger partial charge in [-0.25, -0.2) is 4.98 Å². The van der Waals surface area contributed by atoms with Crippen LogP contribution in [0.25, 0.3) is 5.13 Å². The molecule has 5 heteroatoms. The van der Waals surface area contributed by atoms with E-state index in [1.807, 2.05) is 33.8 Å². The summed E-state index contributed by atoms with van der Waals surface area (Å²) in [7, 11) is 0. The first-order valence-electron chi connectivity index (χ1n) is 5.91. The molecule has 0 aromatic carbocycles. The van der Waals surface area contributed by atoms with Gasteiger partial charge in [0.25, 0.3) is 5.56 Å². The number of aryl methyl sites for hydroxylation is 2. The molecular formula is C13H17N3OS. The minimum absolute atomic E-state index is 0.0556. The van der Waals surface area contributed by atoms with Gasteiger partial charge >= 0.3 is 0 Å². The summed E-state index contributed by atoms with van der Waals surface area (Å²) in [4.78, 5) is 17.8. The van der Waals surface area contributed by atoms with Gasteiger partial charge in [0.15, 0.2) is 5.13 Å². The van der Waals surface area contributed by atoms with Crippen LogP contribution in [0.2, 0.25) is 0 Å². The Hall–Kier alpha value is -1.62. The summed E-state index contributed by atoms with van der Waals surface area (Å²) in [6.45, 7) is 7.98. The van der Waals surface area contributed by atoms with Crippen LogP contribution in [-0.4, -0.2) is 15.6 Å². The zero-order valence-electron chi connectivity index (χ0n) is 11.0. The highest BCUT2D eigenvalue weighted by Gasteiger charge is 2.10. The highest BCUT2D eigenvalue weighted by molar-refractivity contribution is 7.14. The predicted molar refractivity (Wildman–Crippen MR) is 75.9 cm³/mol. The van der Waals surface area contributed by atoms with Crippen molar-refractivity contribution < 1.29 is 0 Å². The number of hydrogen-bond acceptors (Lipinski definition) is 4. The molecule has 1 N–H and O–H groups in total. The SMILES string of the molecule is Cc1nc(-n2cccc(NC(C)C)c2=O)sc1C. The molecule has 0 saturated carbocycles. The molecule has 0 saturated heterocycles. The second kappa shape index (κ2) is 4.94. The molecule has 2 aromatic rings. The van der Waals surface area contributed by atoms with Crippen LogP contribution >= 0.6 is 11.3 Å². The molecule has 2 rings (SSSR count). The van der Waals surface area contributed by atoms with Crippen molar-refractivity contribution in [3.05, 3.63) is 39.3 Å². The van der Waals surface area contributed by atoms with Gasteiger partial charge in [-0.05, 0) is 39.8 Å². The molecule has 0 radical (unpaired) electrons. The molecule has 0 aliphatic rings. The van der Waals surface area contributed by atoms with E-state index in [4.69, 9.17) is 0 Å². The smallest absolute Gasteiger partial charge is 0.280 e. The third-order valence-corrected chi connectivity index (χ3v) is 3.69. The third kappa shape index (κ3) is 2.46. The van der Waals surface area contributed by atoms with Crippen molar-refractivity contribution in [1.29, 1.82) is 0 Å². The van der Waals surface area contributed by atoms with Crippen molar-refractivity contribution in [1.82, 2.24) is 9.55 Å². The zero-order chi connectivity index (χ0) is 13.3. The maximum Gasteiger partial charge on any atom is 0.280 e. The molecule has 96 valence electrons. The quantitative estimate of drug-likeness (QED) is 0.926. The molecule has 4 nitrogen and oxygen atoms in total. The van der Waals surface area contributed by atoms with Crippen molar-refractivity contribution in [3.63, 3.8) is 0 Å². The molecule has 0 fully saturated rings. The highest BCUT2D eigenvalue weighted by Crippen LogP contribution is 2.19. The van der Waals surface area contributed by atoms with Crippen LogP contribution in [0.5, 0.6) is 0 Å². The van der Waals surface area contributed by atoms with E-state index in [2.05, 4.69) is 10.3 Å². The number of thiazole rings is 1. The first-order valence-corrected chi connectivity index (χ1v) is 6.73. The van der Waals surface area contributed by atoms with E-state index in [-0.39, 0.29) is 11.6 Å². The van der Waals surface area contributed by atoms with Crippen LogP contribution in [-0.2, 0) is 0 Å².